The molecular weight excluding hydrogens is 307 g/mol. The summed E-state index contributed by atoms with van der Waals surface area (Å²) in [6.07, 6.45) is 0. The number of aliphatic imine (C=N–C) groups is 1. The first-order chi connectivity index (χ1) is 10.1. The minimum absolute atomic E-state index is 0.235. The zero-order valence-electron chi connectivity index (χ0n) is 11.2. The molecule has 106 valence electrons. The Morgan fingerprint density at radius 1 is 1.19 bits per heavy atom. The van der Waals surface area contributed by atoms with Gasteiger partial charge in [-0.2, -0.15) is 0 Å². The normalized spacial score (nSPS) is 17.6. The van der Waals surface area contributed by atoms with Gasteiger partial charge in [-0.1, -0.05) is 36.0 Å². The molecular formula is C16H12ClFN2S. The fourth-order valence-corrected chi connectivity index (χ4v) is 2.58. The highest BCUT2D eigenvalue weighted by Crippen LogP contribution is 2.28. The van der Waals surface area contributed by atoms with Crippen LogP contribution in [0, 0.1) is 5.82 Å². The Morgan fingerprint density at radius 2 is 1.95 bits per heavy atom. The summed E-state index contributed by atoms with van der Waals surface area (Å²) in [6, 6.07) is 11.7. The second-order valence-corrected chi connectivity index (χ2v) is 5.69. The van der Waals surface area contributed by atoms with E-state index >= 15 is 0 Å². The van der Waals surface area contributed by atoms with Crippen LogP contribution in [0.25, 0.3) is 0 Å². The Balaban J connectivity index is 2.27. The van der Waals surface area contributed by atoms with E-state index in [0.717, 1.165) is 11.3 Å². The molecule has 2 aromatic carbocycles. The average Bonchev–Trinajstić information content (AvgIpc) is 2.58. The number of hydrogen-bond acceptors (Lipinski definition) is 2. The maximum Gasteiger partial charge on any atom is 0.132 e. The number of halogens is 2. The summed E-state index contributed by atoms with van der Waals surface area (Å²) in [4.78, 5) is 5.19. The number of benzene rings is 2. The molecule has 1 heterocycles. The summed E-state index contributed by atoms with van der Waals surface area (Å²) >= 11 is 11.4. The summed E-state index contributed by atoms with van der Waals surface area (Å²) < 4.78 is 14.2. The molecule has 2 aromatic rings. The Hall–Kier alpha value is -1.78. The summed E-state index contributed by atoms with van der Waals surface area (Å²) in [6.45, 7) is 1.88. The summed E-state index contributed by atoms with van der Waals surface area (Å²) in [5.41, 5.74) is 2.54. The minimum atomic E-state index is -0.317. The third-order valence-electron chi connectivity index (χ3n) is 3.33. The highest BCUT2D eigenvalue weighted by molar-refractivity contribution is 7.80. The molecule has 1 aliphatic heterocycles. The van der Waals surface area contributed by atoms with Crippen molar-refractivity contribution in [1.29, 1.82) is 0 Å². The zero-order chi connectivity index (χ0) is 15.0. The van der Waals surface area contributed by atoms with Gasteiger partial charge in [-0.15, -0.1) is 0 Å². The van der Waals surface area contributed by atoms with E-state index in [2.05, 4.69) is 10.3 Å². The lowest BCUT2D eigenvalue weighted by Crippen LogP contribution is -2.20. The van der Waals surface area contributed by atoms with E-state index in [1.807, 2.05) is 13.0 Å². The Bertz CT molecular complexity index is 758. The van der Waals surface area contributed by atoms with Crippen LogP contribution < -0.4 is 5.32 Å². The predicted octanol–water partition coefficient (Wildman–Crippen LogP) is 4.46. The van der Waals surface area contributed by atoms with E-state index in [-0.39, 0.29) is 11.9 Å². The van der Waals surface area contributed by atoms with Crippen molar-refractivity contribution in [3.8, 4) is 0 Å². The number of nitrogens with one attached hydrogen (secondary N) is 1. The lowest BCUT2D eigenvalue weighted by molar-refractivity contribution is 0.625. The van der Waals surface area contributed by atoms with Crippen molar-refractivity contribution in [3.05, 3.63) is 64.4 Å². The molecule has 1 N–H and O–H groups in total. The molecule has 0 aliphatic carbocycles. The number of rotatable bonds is 1. The molecule has 3 rings (SSSR count). The van der Waals surface area contributed by atoms with Gasteiger partial charge in [0.05, 0.1) is 11.8 Å². The van der Waals surface area contributed by atoms with Crippen molar-refractivity contribution in [2.24, 2.45) is 4.99 Å². The number of hydrogen-bond donors (Lipinski definition) is 1. The molecule has 0 fully saturated rings. The van der Waals surface area contributed by atoms with Gasteiger partial charge in [0.1, 0.15) is 10.8 Å². The first-order valence-corrected chi connectivity index (χ1v) is 7.28. The van der Waals surface area contributed by atoms with Gasteiger partial charge >= 0.3 is 0 Å². The molecule has 1 aliphatic rings. The highest BCUT2D eigenvalue weighted by Gasteiger charge is 2.22. The first kappa shape index (κ1) is 14.2. The number of benzodiazepines with no additional fused rings is 1. The Labute approximate surface area is 132 Å². The van der Waals surface area contributed by atoms with Crippen molar-refractivity contribution in [2.45, 2.75) is 13.0 Å². The van der Waals surface area contributed by atoms with Crippen molar-refractivity contribution in [1.82, 2.24) is 0 Å². The molecule has 0 saturated carbocycles. The smallest absolute Gasteiger partial charge is 0.132 e. The van der Waals surface area contributed by atoms with Crippen LogP contribution in [0.2, 0.25) is 5.02 Å². The van der Waals surface area contributed by atoms with Crippen LogP contribution in [-0.2, 0) is 0 Å². The Morgan fingerprint density at radius 3 is 2.71 bits per heavy atom. The van der Waals surface area contributed by atoms with E-state index in [9.17, 15) is 4.39 Å². The third-order valence-corrected chi connectivity index (χ3v) is 4.00. The second-order valence-electron chi connectivity index (χ2n) is 4.81. The number of thiocarbonyl (C=S) groups is 1. The number of nitrogens with zero attached hydrogens (tertiary/aromatic N) is 1. The van der Waals surface area contributed by atoms with Crippen molar-refractivity contribution >= 4 is 40.2 Å². The van der Waals surface area contributed by atoms with Gasteiger partial charge in [0, 0.05) is 21.8 Å². The molecule has 21 heavy (non-hydrogen) atoms. The molecule has 0 amide bonds. The molecule has 0 aromatic heterocycles. The number of fused-ring (bicyclic) bond motifs is 1. The van der Waals surface area contributed by atoms with Gasteiger partial charge in [0.25, 0.3) is 0 Å². The molecule has 2 nitrogen and oxygen atoms in total. The van der Waals surface area contributed by atoms with Gasteiger partial charge in [-0.3, -0.25) is 4.99 Å². The van der Waals surface area contributed by atoms with Crippen LogP contribution in [0.1, 0.15) is 18.1 Å². The lowest BCUT2D eigenvalue weighted by Gasteiger charge is -2.11. The molecule has 1 atom stereocenters. The van der Waals surface area contributed by atoms with Crippen LogP contribution >= 0.6 is 23.8 Å². The quantitative estimate of drug-likeness (QED) is 0.785. The van der Waals surface area contributed by atoms with Crippen molar-refractivity contribution in [2.75, 3.05) is 5.32 Å². The fraction of sp³-hybridized carbons (Fsp3) is 0.125. The molecule has 5 heteroatoms. The maximum atomic E-state index is 14.2. The van der Waals surface area contributed by atoms with Crippen LogP contribution in [0.5, 0.6) is 0 Å². The maximum absolute atomic E-state index is 14.2. The molecule has 0 bridgehead atoms. The fourth-order valence-electron chi connectivity index (χ4n) is 2.25. The van der Waals surface area contributed by atoms with Gasteiger partial charge < -0.3 is 5.32 Å². The summed E-state index contributed by atoms with van der Waals surface area (Å²) in [7, 11) is 0. The highest BCUT2D eigenvalue weighted by atomic mass is 35.5. The van der Waals surface area contributed by atoms with E-state index in [1.54, 1.807) is 30.3 Å². The predicted molar refractivity (Wildman–Crippen MR) is 89.2 cm³/mol. The number of anilines is 1. The standard InChI is InChI=1S/C16H12ClFN2S/c1-9-16(21)20-14-7-6-10(17)8-12(14)15(19-9)11-4-2-3-5-13(11)18/h2-9H,1H3,(H,20,21). The van der Waals surface area contributed by atoms with E-state index in [1.165, 1.54) is 6.07 Å². The van der Waals surface area contributed by atoms with Crippen LogP contribution in [0.15, 0.2) is 47.5 Å². The zero-order valence-corrected chi connectivity index (χ0v) is 12.8. The molecule has 0 saturated heterocycles. The van der Waals surface area contributed by atoms with E-state index in [4.69, 9.17) is 23.8 Å². The molecule has 1 unspecified atom stereocenters. The monoisotopic (exact) mass is 318 g/mol. The lowest BCUT2D eigenvalue weighted by atomic mass is 10.00. The van der Waals surface area contributed by atoms with E-state index in [0.29, 0.717) is 21.3 Å². The minimum Gasteiger partial charge on any atom is -0.348 e. The van der Waals surface area contributed by atoms with Crippen molar-refractivity contribution < 1.29 is 4.39 Å². The molecule has 0 radical (unpaired) electrons. The van der Waals surface area contributed by atoms with Gasteiger partial charge in [-0.25, -0.2) is 4.39 Å². The first-order valence-electron chi connectivity index (χ1n) is 6.50. The molecule has 0 spiro atoms. The van der Waals surface area contributed by atoms with Gasteiger partial charge in [0.15, 0.2) is 0 Å². The third kappa shape index (κ3) is 2.69. The SMILES string of the molecule is CC1N=C(c2ccccc2F)c2cc(Cl)ccc2NC1=S. The average molecular weight is 319 g/mol. The van der Waals surface area contributed by atoms with Gasteiger partial charge in [0.2, 0.25) is 0 Å². The van der Waals surface area contributed by atoms with Gasteiger partial charge in [-0.05, 0) is 37.3 Å². The van der Waals surface area contributed by atoms with Crippen LogP contribution in [-0.4, -0.2) is 16.7 Å². The van der Waals surface area contributed by atoms with Crippen molar-refractivity contribution in [3.63, 3.8) is 0 Å². The second kappa shape index (κ2) is 5.54. The van der Waals surface area contributed by atoms with E-state index < -0.39 is 0 Å². The topological polar surface area (TPSA) is 24.4 Å². The summed E-state index contributed by atoms with van der Waals surface area (Å²) in [5.74, 6) is -0.317. The largest absolute Gasteiger partial charge is 0.348 e. The van der Waals surface area contributed by atoms with Crippen LogP contribution in [0.4, 0.5) is 10.1 Å². The van der Waals surface area contributed by atoms with Crippen LogP contribution in [0.3, 0.4) is 0 Å². The Kier molecular flexibility index (Phi) is 3.74. The summed E-state index contributed by atoms with van der Waals surface area (Å²) in [5, 5.41) is 3.72.